The summed E-state index contributed by atoms with van der Waals surface area (Å²) in [5.41, 5.74) is 3.41. The van der Waals surface area contributed by atoms with Crippen molar-refractivity contribution in [3.05, 3.63) is 95.5 Å². The number of carbonyl (C=O) groups excluding carboxylic acids is 3. The van der Waals surface area contributed by atoms with Crippen LogP contribution in [0.5, 0.6) is 23.0 Å². The van der Waals surface area contributed by atoms with Gasteiger partial charge >= 0.3 is 0 Å². The smallest absolute Gasteiger partial charge is 0.257 e. The summed E-state index contributed by atoms with van der Waals surface area (Å²) in [6.45, 7) is 17.5. The van der Waals surface area contributed by atoms with Crippen LogP contribution in [0, 0.1) is 0 Å². The maximum absolute atomic E-state index is 14.1. The first kappa shape index (κ1) is 43.7. The molecule has 12 nitrogen and oxygen atoms in total. The van der Waals surface area contributed by atoms with Crippen molar-refractivity contribution >= 4 is 56.9 Å². The molecular formula is C45H54N4O8S2. The Morgan fingerprint density at radius 3 is 2.25 bits per heavy atom. The topological polar surface area (TPSA) is 130 Å². The largest absolute Gasteiger partial charge is 0.493 e. The molecule has 0 saturated carbocycles. The average Bonchev–Trinajstić information content (AvgIpc) is 3.76. The number of aliphatic hydroxyl groups is 1. The Labute approximate surface area is 355 Å². The number of methoxy groups -OCH3 is 2. The van der Waals surface area contributed by atoms with Crippen LogP contribution in [0.1, 0.15) is 79.5 Å². The number of nitrogens with zero attached hydrogens (tertiary/aromatic N) is 4. The number of fused-ring (bicyclic) bond motifs is 4. The number of hydrogen-bond donors (Lipinski definition) is 1. The van der Waals surface area contributed by atoms with Crippen LogP contribution >= 0.6 is 21.6 Å². The molecule has 4 aliphatic rings. The van der Waals surface area contributed by atoms with Gasteiger partial charge in [-0.1, -0.05) is 83.7 Å². The summed E-state index contributed by atoms with van der Waals surface area (Å²) in [6.07, 6.45) is 12.1. The zero-order chi connectivity index (χ0) is 42.2. The number of unbranched alkanes of at least 4 members (excludes halogenated alkanes) is 2. The standard InChI is InChI=1S/C45H54N4O8S2/c1-8-9-11-14-30(4)58-59-31(5)15-16-42(50)49-36-24-41(39(55-7)22-34(36)44(52)48-27-29(3)20-37(48)45(49)53)57-18-13-10-12-17-56-40-23-35-33(21-38(40)54-6)43(51)47-26-28(2)19-32(47)25-46-35/h8-9,11,14,21-25,31-32,37,45,53H,1-3,10,12-13,15-20,26-27H2,4-7H3/b11-9-,30-14+/t31-,32?,37+,45+/m1/s1. The lowest BCUT2D eigenvalue weighted by Crippen LogP contribution is -2.50. The zero-order valence-electron chi connectivity index (χ0n) is 34.3. The van der Waals surface area contributed by atoms with Crippen LogP contribution in [0.15, 0.2) is 89.4 Å². The van der Waals surface area contributed by atoms with Crippen LogP contribution in [0.4, 0.5) is 11.4 Å². The number of benzene rings is 2. The van der Waals surface area contributed by atoms with Crippen molar-refractivity contribution in [1.82, 2.24) is 9.80 Å². The minimum Gasteiger partial charge on any atom is -0.493 e. The fourth-order valence-corrected chi connectivity index (χ4v) is 9.63. The molecule has 2 saturated heterocycles. The van der Waals surface area contributed by atoms with E-state index in [-0.39, 0.29) is 41.0 Å². The van der Waals surface area contributed by atoms with E-state index in [9.17, 15) is 19.5 Å². The molecule has 14 heteroatoms. The number of ether oxygens (including phenoxy) is 4. The average molecular weight is 843 g/mol. The van der Waals surface area contributed by atoms with Gasteiger partial charge in [-0.15, -0.1) is 0 Å². The first-order chi connectivity index (χ1) is 28.4. The maximum Gasteiger partial charge on any atom is 0.257 e. The molecule has 0 aromatic heterocycles. The maximum atomic E-state index is 14.1. The highest BCUT2D eigenvalue weighted by molar-refractivity contribution is 8.78. The molecular weight excluding hydrogens is 789 g/mol. The number of rotatable bonds is 18. The molecule has 4 atom stereocenters. The van der Waals surface area contributed by atoms with Crippen LogP contribution in [0.25, 0.3) is 0 Å². The van der Waals surface area contributed by atoms with Gasteiger partial charge in [-0.2, -0.15) is 0 Å². The van der Waals surface area contributed by atoms with Gasteiger partial charge in [0.25, 0.3) is 11.8 Å². The van der Waals surface area contributed by atoms with Gasteiger partial charge in [0.05, 0.1) is 62.0 Å². The van der Waals surface area contributed by atoms with Crippen molar-refractivity contribution in [2.45, 2.75) is 82.4 Å². The van der Waals surface area contributed by atoms with Gasteiger partial charge in [0.2, 0.25) is 5.91 Å². The number of anilines is 1. The summed E-state index contributed by atoms with van der Waals surface area (Å²) >= 11 is 0. The SMILES string of the molecule is C=C/C=C\C=C(/C)SS[C@H](C)CCC(=O)N1c2cc(OCCCCCOc3cc4c(cc3OC)C(=O)N3CC(=C)CC3C=N4)c(OC)cc2C(=O)N2CC(=C)C[C@H]2[C@@H]1O. The molecule has 0 aliphatic carbocycles. The van der Waals surface area contributed by atoms with Crippen LogP contribution in [-0.4, -0.2) is 103 Å². The van der Waals surface area contributed by atoms with Crippen LogP contribution < -0.4 is 23.8 Å². The highest BCUT2D eigenvalue weighted by Gasteiger charge is 2.45. The Hall–Kier alpha value is -4.92. The second kappa shape index (κ2) is 19.9. The van der Waals surface area contributed by atoms with Crippen molar-refractivity contribution in [2.75, 3.05) is 45.4 Å². The quantitative estimate of drug-likeness (QED) is 0.0676. The van der Waals surface area contributed by atoms with E-state index >= 15 is 0 Å². The van der Waals surface area contributed by atoms with E-state index in [0.717, 1.165) is 22.5 Å². The van der Waals surface area contributed by atoms with Gasteiger partial charge in [0, 0.05) is 43.1 Å². The number of aliphatic hydroxyl groups excluding tert-OH is 1. The van der Waals surface area contributed by atoms with Crippen molar-refractivity contribution in [3.63, 3.8) is 0 Å². The Balaban J connectivity index is 1.08. The first-order valence-corrected chi connectivity index (χ1v) is 22.1. The molecule has 0 spiro atoms. The lowest BCUT2D eigenvalue weighted by molar-refractivity contribution is -0.121. The molecule has 0 radical (unpaired) electrons. The molecule has 1 unspecified atom stereocenters. The van der Waals surface area contributed by atoms with Gasteiger partial charge in [-0.3, -0.25) is 24.3 Å². The Morgan fingerprint density at radius 2 is 1.56 bits per heavy atom. The third kappa shape index (κ3) is 10.1. The van der Waals surface area contributed by atoms with Crippen molar-refractivity contribution < 1.29 is 38.4 Å². The summed E-state index contributed by atoms with van der Waals surface area (Å²) in [5, 5.41) is 11.9. The van der Waals surface area contributed by atoms with E-state index in [1.54, 1.807) is 75.1 Å². The molecule has 2 fully saturated rings. The van der Waals surface area contributed by atoms with Gasteiger partial charge in [-0.25, -0.2) is 0 Å². The minimum absolute atomic E-state index is 0.0997. The van der Waals surface area contributed by atoms with E-state index in [0.29, 0.717) is 98.3 Å². The lowest BCUT2D eigenvalue weighted by atomic mass is 10.1. The molecule has 2 aromatic rings. The van der Waals surface area contributed by atoms with Gasteiger partial charge in [-0.05, 0) is 62.5 Å². The predicted molar refractivity (Wildman–Crippen MR) is 237 cm³/mol. The molecule has 2 aromatic carbocycles. The normalized spacial score (nSPS) is 20.5. The number of aliphatic imine (C=N–C) groups is 1. The summed E-state index contributed by atoms with van der Waals surface area (Å²) in [4.78, 5) is 51.9. The van der Waals surface area contributed by atoms with Crippen LogP contribution in [0.2, 0.25) is 0 Å². The van der Waals surface area contributed by atoms with E-state index < -0.39 is 12.3 Å². The molecule has 4 heterocycles. The third-order valence-corrected chi connectivity index (χ3v) is 13.8. The summed E-state index contributed by atoms with van der Waals surface area (Å²) in [7, 11) is 6.39. The summed E-state index contributed by atoms with van der Waals surface area (Å²) < 4.78 is 23.6. The third-order valence-electron chi connectivity index (χ3n) is 10.6. The number of allylic oxidation sites excluding steroid dienone is 5. The van der Waals surface area contributed by atoms with Crippen molar-refractivity contribution in [1.29, 1.82) is 0 Å². The van der Waals surface area contributed by atoms with E-state index in [2.05, 4.69) is 31.7 Å². The summed E-state index contributed by atoms with van der Waals surface area (Å²) in [5.74, 6) is 1.03. The molecule has 3 amide bonds. The number of amides is 3. The Kier molecular flexibility index (Phi) is 14.7. The molecule has 59 heavy (non-hydrogen) atoms. The van der Waals surface area contributed by atoms with Gasteiger partial charge in [0.15, 0.2) is 29.2 Å². The monoisotopic (exact) mass is 842 g/mol. The van der Waals surface area contributed by atoms with E-state index in [4.69, 9.17) is 18.9 Å². The van der Waals surface area contributed by atoms with Gasteiger partial charge in [0.1, 0.15) is 0 Å². The molecule has 314 valence electrons. The second-order valence-electron chi connectivity index (χ2n) is 15.1. The first-order valence-electron chi connectivity index (χ1n) is 19.9. The molecule has 1 N–H and O–H groups in total. The molecule has 0 bridgehead atoms. The number of hydrogen-bond acceptors (Lipinski definition) is 11. The number of carbonyl (C=O) groups is 3. The molecule has 4 aliphatic heterocycles. The fraction of sp³-hybridized carbons (Fsp3) is 0.422. The Morgan fingerprint density at radius 1 is 0.915 bits per heavy atom. The second-order valence-corrected chi connectivity index (χ2v) is 18.0. The highest BCUT2D eigenvalue weighted by Crippen LogP contribution is 2.43. The van der Waals surface area contributed by atoms with Crippen molar-refractivity contribution in [3.8, 4) is 23.0 Å². The zero-order valence-corrected chi connectivity index (χ0v) is 35.9. The van der Waals surface area contributed by atoms with Crippen LogP contribution in [0.3, 0.4) is 0 Å². The van der Waals surface area contributed by atoms with Crippen molar-refractivity contribution in [2.24, 2.45) is 4.99 Å². The lowest BCUT2D eigenvalue weighted by Gasteiger charge is -2.32. The van der Waals surface area contributed by atoms with E-state index in [1.165, 1.54) is 12.0 Å². The fourth-order valence-electron chi connectivity index (χ4n) is 7.56. The predicted octanol–water partition coefficient (Wildman–Crippen LogP) is 8.45. The summed E-state index contributed by atoms with van der Waals surface area (Å²) in [6, 6.07) is 5.98. The molecule has 6 rings (SSSR count). The van der Waals surface area contributed by atoms with Crippen LogP contribution in [-0.2, 0) is 4.79 Å². The van der Waals surface area contributed by atoms with E-state index in [1.807, 2.05) is 25.2 Å². The highest BCUT2D eigenvalue weighted by atomic mass is 33.1. The Bertz CT molecular complexity index is 2060. The van der Waals surface area contributed by atoms with Gasteiger partial charge < -0.3 is 33.9 Å². The minimum atomic E-state index is -1.27.